The van der Waals surface area contributed by atoms with E-state index in [4.69, 9.17) is 9.15 Å². The average Bonchev–Trinajstić information content (AvgIpc) is 2.99. The molecule has 26 heavy (non-hydrogen) atoms. The number of rotatable bonds is 6. The Labute approximate surface area is 153 Å². The van der Waals surface area contributed by atoms with E-state index >= 15 is 0 Å². The van der Waals surface area contributed by atoms with Gasteiger partial charge in [-0.3, -0.25) is 0 Å². The van der Waals surface area contributed by atoms with E-state index in [1.54, 1.807) is 31.2 Å². The van der Waals surface area contributed by atoms with Crippen molar-refractivity contribution in [2.45, 2.75) is 31.6 Å². The highest BCUT2D eigenvalue weighted by atomic mass is 32.2. The molecule has 1 aliphatic rings. The number of oxazole rings is 1. The van der Waals surface area contributed by atoms with E-state index in [1.165, 1.54) is 0 Å². The van der Waals surface area contributed by atoms with Gasteiger partial charge in [0.05, 0.1) is 11.5 Å². The first-order valence-electron chi connectivity index (χ1n) is 8.58. The Morgan fingerprint density at radius 1 is 1.19 bits per heavy atom. The molecular weight excluding hydrogens is 356 g/mol. The van der Waals surface area contributed by atoms with Crippen LogP contribution in [0.25, 0.3) is 11.3 Å². The molecule has 1 fully saturated rings. The Kier molecular flexibility index (Phi) is 5.47. The molecule has 0 amide bonds. The van der Waals surface area contributed by atoms with Gasteiger partial charge in [0.25, 0.3) is 0 Å². The van der Waals surface area contributed by atoms with E-state index in [0.717, 1.165) is 5.56 Å². The molecule has 0 spiro atoms. The molecule has 2 N–H and O–H groups in total. The molecule has 1 aromatic carbocycles. The zero-order valence-electron chi connectivity index (χ0n) is 15.0. The van der Waals surface area contributed by atoms with Gasteiger partial charge in [-0.15, -0.1) is 0 Å². The maximum Gasteiger partial charge on any atom is 0.240 e. The summed E-state index contributed by atoms with van der Waals surface area (Å²) in [6.07, 6.45) is 1.27. The van der Waals surface area contributed by atoms with E-state index in [0.29, 0.717) is 43.4 Å². The molecule has 1 aromatic heterocycles. The largest absolute Gasteiger partial charge is 0.446 e. The van der Waals surface area contributed by atoms with Crippen molar-refractivity contribution >= 4 is 10.0 Å². The quantitative estimate of drug-likeness (QED) is 0.795. The molecule has 1 saturated heterocycles. The number of nitrogens with zero attached hydrogens (tertiary/aromatic N) is 1. The molecule has 142 valence electrons. The van der Waals surface area contributed by atoms with Gasteiger partial charge in [0.15, 0.2) is 5.89 Å². The monoisotopic (exact) mass is 380 g/mol. The zero-order chi connectivity index (χ0) is 18.8. The molecular formula is C18H24N2O5S. The number of nitrogens with one attached hydrogen (secondary N) is 1. The van der Waals surface area contributed by atoms with Gasteiger partial charge in [-0.05, 0) is 31.9 Å². The molecule has 0 unspecified atom stereocenters. The van der Waals surface area contributed by atoms with Crippen LogP contribution in [0.15, 0.2) is 33.6 Å². The Morgan fingerprint density at radius 3 is 2.38 bits per heavy atom. The predicted octanol–water partition coefficient (Wildman–Crippen LogP) is 2.03. The fraction of sp³-hybridized carbons (Fsp3) is 0.500. The number of benzene rings is 1. The van der Waals surface area contributed by atoms with Crippen molar-refractivity contribution in [3.8, 4) is 11.3 Å². The van der Waals surface area contributed by atoms with E-state index < -0.39 is 15.4 Å². The minimum absolute atomic E-state index is 0.0669. The molecule has 7 nitrogen and oxygen atoms in total. The maximum atomic E-state index is 12.6. The number of ether oxygens (including phenoxy) is 1. The third-order valence-corrected chi connectivity index (χ3v) is 6.28. The Morgan fingerprint density at radius 2 is 1.85 bits per heavy atom. The summed E-state index contributed by atoms with van der Waals surface area (Å²) in [4.78, 5) is 4.50. The van der Waals surface area contributed by atoms with Crippen LogP contribution in [-0.2, 0) is 14.8 Å². The number of aliphatic hydroxyl groups excluding tert-OH is 1. The molecule has 0 bridgehead atoms. The number of aryl methyl sites for hydroxylation is 2. The lowest BCUT2D eigenvalue weighted by molar-refractivity contribution is -0.0126. The number of hydrogen-bond acceptors (Lipinski definition) is 6. The van der Waals surface area contributed by atoms with Gasteiger partial charge < -0.3 is 14.3 Å². The summed E-state index contributed by atoms with van der Waals surface area (Å²) in [5.41, 5.74) is 1.05. The molecule has 0 saturated carbocycles. The van der Waals surface area contributed by atoms with Crippen LogP contribution < -0.4 is 4.72 Å². The topological polar surface area (TPSA) is 102 Å². The van der Waals surface area contributed by atoms with E-state index in [-0.39, 0.29) is 18.0 Å². The molecule has 1 aliphatic heterocycles. The summed E-state index contributed by atoms with van der Waals surface area (Å²) in [7, 11) is -3.66. The molecule has 3 rings (SSSR count). The van der Waals surface area contributed by atoms with Crippen LogP contribution in [-0.4, -0.2) is 44.9 Å². The van der Waals surface area contributed by atoms with E-state index in [1.807, 2.05) is 6.92 Å². The second kappa shape index (κ2) is 7.48. The highest BCUT2D eigenvalue weighted by molar-refractivity contribution is 7.89. The van der Waals surface area contributed by atoms with Crippen LogP contribution in [0.5, 0.6) is 0 Å². The maximum absolute atomic E-state index is 12.6. The van der Waals surface area contributed by atoms with Gasteiger partial charge in [-0.25, -0.2) is 18.1 Å². The first-order valence-corrected chi connectivity index (χ1v) is 10.1. The molecule has 8 heteroatoms. The van der Waals surface area contributed by atoms with Crippen molar-refractivity contribution in [1.29, 1.82) is 0 Å². The molecule has 0 atom stereocenters. The second-order valence-electron chi connectivity index (χ2n) is 6.76. The number of hydrogen-bond donors (Lipinski definition) is 2. The highest BCUT2D eigenvalue weighted by Gasteiger charge is 2.33. The predicted molar refractivity (Wildman–Crippen MR) is 96.2 cm³/mol. The summed E-state index contributed by atoms with van der Waals surface area (Å²) in [6, 6.07) is 6.54. The number of sulfonamides is 1. The van der Waals surface area contributed by atoms with Gasteiger partial charge in [-0.1, -0.05) is 12.1 Å². The smallest absolute Gasteiger partial charge is 0.240 e. The summed E-state index contributed by atoms with van der Waals surface area (Å²) in [5, 5.41) is 9.69. The van der Waals surface area contributed by atoms with Crippen molar-refractivity contribution < 1.29 is 22.7 Å². The molecule has 2 aromatic rings. The van der Waals surface area contributed by atoms with E-state index in [2.05, 4.69) is 9.71 Å². The summed E-state index contributed by atoms with van der Waals surface area (Å²) >= 11 is 0. The normalized spacial score (nSPS) is 17.3. The standard InChI is InChI=1S/C18H24N2O5S/c1-13-17(20-14(2)25-13)15-3-5-16(6-4-15)26(22,23)19-11-18(12-21)7-9-24-10-8-18/h3-6,19,21H,7-12H2,1-2H3. The van der Waals surface area contributed by atoms with Gasteiger partial charge in [-0.2, -0.15) is 0 Å². The second-order valence-corrected chi connectivity index (χ2v) is 8.52. The van der Waals surface area contributed by atoms with Crippen molar-refractivity contribution in [1.82, 2.24) is 9.71 Å². The number of aliphatic hydroxyl groups is 1. The van der Waals surface area contributed by atoms with Gasteiger partial charge in [0, 0.05) is 37.7 Å². The Bertz CT molecular complexity index is 852. The lowest BCUT2D eigenvalue weighted by atomic mass is 9.81. The summed E-state index contributed by atoms with van der Waals surface area (Å²) < 4.78 is 38.5. The van der Waals surface area contributed by atoms with Crippen molar-refractivity contribution in [2.24, 2.45) is 5.41 Å². The molecule has 0 radical (unpaired) electrons. The van der Waals surface area contributed by atoms with Crippen LogP contribution in [0, 0.1) is 19.3 Å². The van der Waals surface area contributed by atoms with Crippen molar-refractivity contribution in [3.63, 3.8) is 0 Å². The third-order valence-electron chi connectivity index (χ3n) is 4.87. The fourth-order valence-corrected chi connectivity index (χ4v) is 4.27. The van der Waals surface area contributed by atoms with Crippen LogP contribution in [0.2, 0.25) is 0 Å². The summed E-state index contributed by atoms with van der Waals surface area (Å²) in [5.74, 6) is 1.27. The van der Waals surface area contributed by atoms with Crippen molar-refractivity contribution in [3.05, 3.63) is 35.9 Å². The fourth-order valence-electron chi connectivity index (χ4n) is 3.12. The van der Waals surface area contributed by atoms with Gasteiger partial charge in [0.1, 0.15) is 11.5 Å². The van der Waals surface area contributed by atoms with Crippen LogP contribution >= 0.6 is 0 Å². The zero-order valence-corrected chi connectivity index (χ0v) is 15.8. The van der Waals surface area contributed by atoms with Crippen LogP contribution in [0.3, 0.4) is 0 Å². The molecule has 2 heterocycles. The SMILES string of the molecule is Cc1nc(-c2ccc(S(=O)(=O)NCC3(CO)CCOCC3)cc2)c(C)o1. The van der Waals surface area contributed by atoms with Crippen molar-refractivity contribution in [2.75, 3.05) is 26.4 Å². The Hall–Kier alpha value is -1.74. The highest BCUT2D eigenvalue weighted by Crippen LogP contribution is 2.30. The molecule has 0 aliphatic carbocycles. The van der Waals surface area contributed by atoms with Crippen LogP contribution in [0.4, 0.5) is 0 Å². The van der Waals surface area contributed by atoms with Crippen LogP contribution in [0.1, 0.15) is 24.5 Å². The minimum Gasteiger partial charge on any atom is -0.446 e. The number of aromatic nitrogens is 1. The van der Waals surface area contributed by atoms with E-state index in [9.17, 15) is 13.5 Å². The first-order chi connectivity index (χ1) is 12.4. The van der Waals surface area contributed by atoms with Gasteiger partial charge in [0.2, 0.25) is 10.0 Å². The van der Waals surface area contributed by atoms with Gasteiger partial charge >= 0.3 is 0 Å². The lowest BCUT2D eigenvalue weighted by Gasteiger charge is -2.35. The summed E-state index contributed by atoms with van der Waals surface area (Å²) in [6.45, 7) is 4.79. The third kappa shape index (κ3) is 3.98. The Balaban J connectivity index is 1.74. The first kappa shape index (κ1) is 19.0. The average molecular weight is 380 g/mol. The minimum atomic E-state index is -3.66. The lowest BCUT2D eigenvalue weighted by Crippen LogP contribution is -2.43.